The first kappa shape index (κ1) is 17.0. The Morgan fingerprint density at radius 2 is 1.48 bits per heavy atom. The Morgan fingerprint density at radius 1 is 0.852 bits per heavy atom. The molecule has 0 saturated carbocycles. The van der Waals surface area contributed by atoms with Gasteiger partial charge in [0, 0.05) is 22.3 Å². The maximum atomic E-state index is 5.02. The van der Waals surface area contributed by atoms with Crippen molar-refractivity contribution in [2.24, 2.45) is 5.16 Å². The average molecular weight is 355 g/mol. The quantitative estimate of drug-likeness (QED) is 0.358. The van der Waals surface area contributed by atoms with Crippen molar-refractivity contribution in [1.29, 1.82) is 0 Å². The van der Waals surface area contributed by atoms with Gasteiger partial charge in [-0.2, -0.15) is 5.10 Å². The number of fused-ring (bicyclic) bond motifs is 1. The van der Waals surface area contributed by atoms with Crippen molar-refractivity contribution < 1.29 is 4.84 Å². The SMILES string of the molecule is CON=C(C)Cn1nc(-c2ccccc2)c2cccc-2c1-c1ccccc1. The monoisotopic (exact) mass is 355 g/mol. The van der Waals surface area contributed by atoms with Gasteiger partial charge in [-0.05, 0) is 6.92 Å². The predicted molar refractivity (Wildman–Crippen MR) is 110 cm³/mol. The molecule has 0 fully saturated rings. The third-order valence-electron chi connectivity index (χ3n) is 4.53. The van der Waals surface area contributed by atoms with Crippen LogP contribution >= 0.6 is 0 Å². The van der Waals surface area contributed by atoms with Gasteiger partial charge in [0.25, 0.3) is 0 Å². The summed E-state index contributed by atoms with van der Waals surface area (Å²) in [6.45, 7) is 2.50. The minimum atomic E-state index is 0.555. The van der Waals surface area contributed by atoms with Crippen molar-refractivity contribution in [2.75, 3.05) is 7.11 Å². The van der Waals surface area contributed by atoms with Crippen molar-refractivity contribution in [1.82, 2.24) is 9.78 Å². The molecule has 2 aliphatic rings. The van der Waals surface area contributed by atoms with Crippen molar-refractivity contribution in [3.63, 3.8) is 0 Å². The summed E-state index contributed by atoms with van der Waals surface area (Å²) in [5.74, 6) is 0. The summed E-state index contributed by atoms with van der Waals surface area (Å²) in [5.41, 5.74) is 7.48. The van der Waals surface area contributed by atoms with E-state index >= 15 is 0 Å². The minimum absolute atomic E-state index is 0.555. The molecule has 0 saturated heterocycles. The van der Waals surface area contributed by atoms with Crippen LogP contribution in [-0.2, 0) is 11.4 Å². The highest BCUT2D eigenvalue weighted by Gasteiger charge is 2.20. The molecule has 134 valence electrons. The summed E-state index contributed by atoms with van der Waals surface area (Å²) in [5, 5.41) is 9.10. The summed E-state index contributed by atoms with van der Waals surface area (Å²) < 4.78 is 2.03. The lowest BCUT2D eigenvalue weighted by Gasteiger charge is -2.20. The molecular weight excluding hydrogens is 334 g/mol. The van der Waals surface area contributed by atoms with E-state index in [1.807, 2.05) is 35.9 Å². The number of hydrogen-bond acceptors (Lipinski definition) is 3. The highest BCUT2D eigenvalue weighted by atomic mass is 16.6. The van der Waals surface area contributed by atoms with Gasteiger partial charge in [-0.25, -0.2) is 0 Å². The van der Waals surface area contributed by atoms with Crippen molar-refractivity contribution in [3.8, 4) is 33.6 Å². The first-order valence-corrected chi connectivity index (χ1v) is 8.95. The molecule has 0 radical (unpaired) electrons. The molecule has 0 aromatic heterocycles. The predicted octanol–water partition coefficient (Wildman–Crippen LogP) is 5.34. The topological polar surface area (TPSA) is 39.4 Å². The molecule has 2 aromatic carbocycles. The molecule has 4 rings (SSSR count). The Labute approximate surface area is 159 Å². The Hall–Kier alpha value is -3.40. The van der Waals surface area contributed by atoms with E-state index in [9.17, 15) is 0 Å². The molecule has 0 amide bonds. The molecule has 1 aliphatic heterocycles. The molecule has 4 nitrogen and oxygen atoms in total. The fraction of sp³-hybridized carbons (Fsp3) is 0.130. The Kier molecular flexibility index (Phi) is 4.71. The minimum Gasteiger partial charge on any atom is -0.399 e. The van der Waals surface area contributed by atoms with Crippen LogP contribution in [0.15, 0.2) is 84.0 Å². The van der Waals surface area contributed by atoms with E-state index in [0.29, 0.717) is 6.54 Å². The number of aromatic nitrogens is 2. The third kappa shape index (κ3) is 3.34. The maximum absolute atomic E-state index is 5.02. The molecule has 0 N–H and O–H groups in total. The van der Waals surface area contributed by atoms with E-state index in [4.69, 9.17) is 9.94 Å². The van der Waals surface area contributed by atoms with E-state index in [0.717, 1.165) is 33.8 Å². The first-order chi connectivity index (χ1) is 13.3. The average Bonchev–Trinajstić information content (AvgIpc) is 3.18. The van der Waals surface area contributed by atoms with Gasteiger partial charge in [-0.3, -0.25) is 4.68 Å². The zero-order valence-electron chi connectivity index (χ0n) is 15.5. The summed E-state index contributed by atoms with van der Waals surface area (Å²) in [7, 11) is 1.56. The van der Waals surface area contributed by atoms with Crippen LogP contribution in [0, 0.1) is 0 Å². The molecule has 4 heteroatoms. The van der Waals surface area contributed by atoms with Crippen molar-refractivity contribution >= 4 is 5.71 Å². The van der Waals surface area contributed by atoms with E-state index in [2.05, 4.69) is 59.8 Å². The molecule has 0 spiro atoms. The molecule has 0 atom stereocenters. The molecular formula is C23H21N3O. The van der Waals surface area contributed by atoms with Crippen LogP contribution in [0.1, 0.15) is 6.92 Å². The van der Waals surface area contributed by atoms with Gasteiger partial charge < -0.3 is 4.84 Å². The maximum Gasteiger partial charge on any atom is 0.106 e. The Bertz CT molecular complexity index is 1040. The standard InChI is InChI=1S/C23H21N3O/c1-17(25-27-2)16-26-23(19-12-7-4-8-13-19)21-15-9-14-20(21)22(24-26)18-10-5-3-6-11-18/h3-15H,16H2,1-2H3. The van der Waals surface area contributed by atoms with E-state index in [1.54, 1.807) is 7.11 Å². The normalized spacial score (nSPS) is 11.7. The van der Waals surface area contributed by atoms with Crippen molar-refractivity contribution in [2.45, 2.75) is 13.5 Å². The molecule has 1 aliphatic carbocycles. The van der Waals surface area contributed by atoms with Crippen LogP contribution < -0.4 is 0 Å². The summed E-state index contributed by atoms with van der Waals surface area (Å²) in [6.07, 6.45) is 0. The smallest absolute Gasteiger partial charge is 0.106 e. The third-order valence-corrected chi connectivity index (χ3v) is 4.53. The second-order valence-electron chi connectivity index (χ2n) is 6.45. The fourth-order valence-electron chi connectivity index (χ4n) is 3.42. The molecule has 0 unspecified atom stereocenters. The molecule has 27 heavy (non-hydrogen) atoms. The largest absolute Gasteiger partial charge is 0.399 e. The number of rotatable bonds is 5. The highest BCUT2D eigenvalue weighted by molar-refractivity contribution is 5.91. The molecule has 0 bridgehead atoms. The molecule has 1 heterocycles. The van der Waals surface area contributed by atoms with Crippen LogP contribution in [0.4, 0.5) is 0 Å². The fourth-order valence-corrected chi connectivity index (χ4v) is 3.42. The lowest BCUT2D eigenvalue weighted by Crippen LogP contribution is -2.16. The van der Waals surface area contributed by atoms with Gasteiger partial charge in [-0.1, -0.05) is 84.0 Å². The highest BCUT2D eigenvalue weighted by Crippen LogP contribution is 2.39. The zero-order valence-corrected chi connectivity index (χ0v) is 15.5. The van der Waals surface area contributed by atoms with Gasteiger partial charge in [0.2, 0.25) is 0 Å². The number of nitrogens with zero attached hydrogens (tertiary/aromatic N) is 3. The summed E-state index contributed by atoms with van der Waals surface area (Å²) >= 11 is 0. The Morgan fingerprint density at radius 3 is 2.15 bits per heavy atom. The van der Waals surface area contributed by atoms with Gasteiger partial charge in [0.05, 0.1) is 23.6 Å². The zero-order chi connectivity index (χ0) is 18.6. The van der Waals surface area contributed by atoms with Crippen LogP contribution in [0.5, 0.6) is 0 Å². The number of oxime groups is 1. The van der Waals surface area contributed by atoms with Crippen LogP contribution in [-0.4, -0.2) is 22.6 Å². The van der Waals surface area contributed by atoms with Crippen LogP contribution in [0.25, 0.3) is 33.6 Å². The van der Waals surface area contributed by atoms with Crippen molar-refractivity contribution in [3.05, 3.63) is 78.9 Å². The van der Waals surface area contributed by atoms with Gasteiger partial charge in [0.15, 0.2) is 0 Å². The second kappa shape index (κ2) is 7.46. The molecule has 2 aromatic rings. The van der Waals surface area contributed by atoms with Crippen LogP contribution in [0.3, 0.4) is 0 Å². The number of hydrogen-bond donors (Lipinski definition) is 0. The number of benzene rings is 2. The lowest BCUT2D eigenvalue weighted by atomic mass is 9.98. The van der Waals surface area contributed by atoms with Gasteiger partial charge in [-0.15, -0.1) is 0 Å². The second-order valence-corrected chi connectivity index (χ2v) is 6.45. The van der Waals surface area contributed by atoms with E-state index in [-0.39, 0.29) is 0 Å². The van der Waals surface area contributed by atoms with Crippen LogP contribution in [0.2, 0.25) is 0 Å². The van der Waals surface area contributed by atoms with Gasteiger partial charge >= 0.3 is 0 Å². The van der Waals surface area contributed by atoms with E-state index < -0.39 is 0 Å². The van der Waals surface area contributed by atoms with E-state index in [1.165, 1.54) is 5.56 Å². The van der Waals surface area contributed by atoms with Gasteiger partial charge in [0.1, 0.15) is 7.11 Å². The Balaban J connectivity index is 1.98. The first-order valence-electron chi connectivity index (χ1n) is 8.95. The summed E-state index contributed by atoms with van der Waals surface area (Å²) in [6, 6.07) is 27.0. The summed E-state index contributed by atoms with van der Waals surface area (Å²) in [4.78, 5) is 4.96. The lowest BCUT2D eigenvalue weighted by molar-refractivity contribution is 0.212.